The van der Waals surface area contributed by atoms with Crippen molar-refractivity contribution in [2.24, 2.45) is 5.73 Å². The Bertz CT molecular complexity index is 355. The van der Waals surface area contributed by atoms with E-state index in [4.69, 9.17) is 11.0 Å². The maximum atomic E-state index is 8.49. The quantitative estimate of drug-likeness (QED) is 0.749. The molecular weight excluding hydrogens is 198 g/mol. The van der Waals surface area contributed by atoms with Gasteiger partial charge in [-0.25, -0.2) is 4.98 Å². The van der Waals surface area contributed by atoms with Crippen LogP contribution in [-0.4, -0.2) is 28.5 Å². The van der Waals surface area contributed by atoms with Gasteiger partial charge in [0.25, 0.3) is 0 Å². The lowest BCUT2D eigenvalue weighted by Gasteiger charge is -2.11. The second-order valence-electron chi connectivity index (χ2n) is 3.32. The summed E-state index contributed by atoms with van der Waals surface area (Å²) in [6.07, 6.45) is 1.34. The minimum atomic E-state index is 0.234. The summed E-state index contributed by atoms with van der Waals surface area (Å²) >= 11 is 1.30. The maximum Gasteiger partial charge on any atom is 0.237 e. The van der Waals surface area contributed by atoms with Crippen LogP contribution < -0.4 is 10.6 Å². The second kappa shape index (κ2) is 3.90. The predicted molar refractivity (Wildman–Crippen MR) is 54.0 cm³/mol. The molecule has 0 spiro atoms. The van der Waals surface area contributed by atoms with Crippen LogP contribution in [0, 0.1) is 11.3 Å². The highest BCUT2D eigenvalue weighted by molar-refractivity contribution is 7.05. The lowest BCUT2D eigenvalue weighted by atomic mass is 10.3. The fourth-order valence-electron chi connectivity index (χ4n) is 1.48. The van der Waals surface area contributed by atoms with Crippen molar-refractivity contribution in [1.82, 2.24) is 9.36 Å². The monoisotopic (exact) mass is 209 g/mol. The third kappa shape index (κ3) is 1.84. The van der Waals surface area contributed by atoms with E-state index in [9.17, 15) is 0 Å². The van der Waals surface area contributed by atoms with Gasteiger partial charge in [-0.05, 0) is 18.0 Å². The number of rotatable bonds is 2. The lowest BCUT2D eigenvalue weighted by Crippen LogP contribution is -2.26. The van der Waals surface area contributed by atoms with Crippen LogP contribution >= 0.6 is 11.5 Å². The summed E-state index contributed by atoms with van der Waals surface area (Å²) in [7, 11) is 0. The van der Waals surface area contributed by atoms with E-state index in [2.05, 4.69) is 20.3 Å². The molecule has 1 aromatic heterocycles. The first kappa shape index (κ1) is 9.37. The van der Waals surface area contributed by atoms with E-state index in [1.54, 1.807) is 0 Å². The van der Waals surface area contributed by atoms with Gasteiger partial charge in [0.15, 0.2) is 0 Å². The van der Waals surface area contributed by atoms with E-state index in [0.717, 1.165) is 30.5 Å². The zero-order valence-corrected chi connectivity index (χ0v) is 8.50. The first-order chi connectivity index (χ1) is 6.79. The topological polar surface area (TPSA) is 78.8 Å². The Hall–Kier alpha value is -1.19. The van der Waals surface area contributed by atoms with Crippen molar-refractivity contribution in [3.05, 3.63) is 5.01 Å². The number of nitriles is 1. The van der Waals surface area contributed by atoms with E-state index in [-0.39, 0.29) is 6.04 Å². The van der Waals surface area contributed by atoms with Crippen LogP contribution in [0.5, 0.6) is 0 Å². The van der Waals surface area contributed by atoms with E-state index in [1.807, 2.05) is 0 Å². The highest BCUT2D eigenvalue weighted by atomic mass is 32.1. The van der Waals surface area contributed by atoms with Gasteiger partial charge in [0.2, 0.25) is 5.95 Å². The van der Waals surface area contributed by atoms with Crippen molar-refractivity contribution >= 4 is 17.5 Å². The van der Waals surface area contributed by atoms with Crippen LogP contribution in [0.4, 0.5) is 5.95 Å². The Kier molecular flexibility index (Phi) is 2.61. The summed E-state index contributed by atoms with van der Waals surface area (Å²) in [6, 6.07) is 2.30. The molecular formula is C8H11N5S. The SMILES string of the molecule is N#CCc1nc(N2CCC(N)C2)ns1. The van der Waals surface area contributed by atoms with Crippen molar-refractivity contribution < 1.29 is 0 Å². The molecule has 1 fully saturated rings. The molecule has 74 valence electrons. The normalized spacial score (nSPS) is 21.1. The number of hydrogen-bond donors (Lipinski definition) is 1. The summed E-state index contributed by atoms with van der Waals surface area (Å²) in [5, 5.41) is 9.27. The third-order valence-electron chi connectivity index (χ3n) is 2.20. The molecule has 0 aliphatic carbocycles. The number of anilines is 1. The highest BCUT2D eigenvalue weighted by Crippen LogP contribution is 2.18. The largest absolute Gasteiger partial charge is 0.338 e. The molecule has 2 N–H and O–H groups in total. The Morgan fingerprint density at radius 1 is 1.71 bits per heavy atom. The van der Waals surface area contributed by atoms with Crippen LogP contribution in [-0.2, 0) is 6.42 Å². The molecule has 1 aliphatic rings. The van der Waals surface area contributed by atoms with Crippen LogP contribution in [0.2, 0.25) is 0 Å². The van der Waals surface area contributed by atoms with E-state index in [0.29, 0.717) is 6.42 Å². The number of nitrogens with zero attached hydrogens (tertiary/aromatic N) is 4. The summed E-state index contributed by atoms with van der Waals surface area (Å²) in [5.41, 5.74) is 5.78. The Balaban J connectivity index is 2.06. The van der Waals surface area contributed by atoms with Gasteiger partial charge < -0.3 is 10.6 Å². The first-order valence-corrected chi connectivity index (χ1v) is 5.27. The molecule has 0 saturated carbocycles. The van der Waals surface area contributed by atoms with Crippen LogP contribution in [0.15, 0.2) is 0 Å². The van der Waals surface area contributed by atoms with Crippen molar-refractivity contribution in [3.8, 4) is 6.07 Å². The average molecular weight is 209 g/mol. The lowest BCUT2D eigenvalue weighted by molar-refractivity contribution is 0.751. The van der Waals surface area contributed by atoms with Gasteiger partial charge >= 0.3 is 0 Å². The van der Waals surface area contributed by atoms with Crippen molar-refractivity contribution in [2.45, 2.75) is 18.9 Å². The predicted octanol–water partition coefficient (Wildman–Crippen LogP) is 0.142. The van der Waals surface area contributed by atoms with Gasteiger partial charge in [-0.15, -0.1) is 0 Å². The molecule has 0 bridgehead atoms. The fourth-order valence-corrected chi connectivity index (χ4v) is 2.08. The van der Waals surface area contributed by atoms with Crippen LogP contribution in [0.3, 0.4) is 0 Å². The van der Waals surface area contributed by atoms with Gasteiger partial charge in [0.1, 0.15) is 5.01 Å². The van der Waals surface area contributed by atoms with E-state index in [1.165, 1.54) is 11.5 Å². The number of aromatic nitrogens is 2. The molecule has 14 heavy (non-hydrogen) atoms. The van der Waals surface area contributed by atoms with Gasteiger partial charge in [-0.2, -0.15) is 9.64 Å². The van der Waals surface area contributed by atoms with Crippen LogP contribution in [0.25, 0.3) is 0 Å². The molecule has 2 rings (SSSR count). The van der Waals surface area contributed by atoms with E-state index < -0.39 is 0 Å². The van der Waals surface area contributed by atoms with Gasteiger partial charge in [0.05, 0.1) is 12.5 Å². The number of nitrogens with two attached hydrogens (primary N) is 1. The Morgan fingerprint density at radius 3 is 3.21 bits per heavy atom. The Labute approximate surface area is 86.3 Å². The zero-order chi connectivity index (χ0) is 9.97. The molecule has 6 heteroatoms. The standard InChI is InChI=1S/C8H11N5S/c9-3-1-7-11-8(12-14-7)13-4-2-6(10)5-13/h6H,1-2,4-5,10H2. The first-order valence-electron chi connectivity index (χ1n) is 4.49. The molecule has 0 radical (unpaired) electrons. The molecule has 1 aliphatic heterocycles. The summed E-state index contributed by atoms with van der Waals surface area (Å²) in [4.78, 5) is 6.34. The van der Waals surface area contributed by atoms with Crippen molar-refractivity contribution in [3.63, 3.8) is 0 Å². The Morgan fingerprint density at radius 2 is 2.57 bits per heavy atom. The minimum Gasteiger partial charge on any atom is -0.338 e. The van der Waals surface area contributed by atoms with E-state index >= 15 is 0 Å². The molecule has 1 unspecified atom stereocenters. The fraction of sp³-hybridized carbons (Fsp3) is 0.625. The van der Waals surface area contributed by atoms with Crippen LogP contribution in [0.1, 0.15) is 11.4 Å². The summed E-state index contributed by atoms with van der Waals surface area (Å²) in [5.74, 6) is 0.730. The molecule has 5 nitrogen and oxygen atoms in total. The molecule has 1 atom stereocenters. The van der Waals surface area contributed by atoms with Gasteiger partial charge in [-0.3, -0.25) is 0 Å². The molecule has 2 heterocycles. The molecule has 1 saturated heterocycles. The maximum absolute atomic E-state index is 8.49. The number of hydrogen-bond acceptors (Lipinski definition) is 6. The zero-order valence-electron chi connectivity index (χ0n) is 7.68. The molecule has 0 amide bonds. The van der Waals surface area contributed by atoms with Gasteiger partial charge in [-0.1, -0.05) is 0 Å². The highest BCUT2D eigenvalue weighted by Gasteiger charge is 2.22. The van der Waals surface area contributed by atoms with Gasteiger partial charge in [0, 0.05) is 19.1 Å². The molecule has 1 aromatic rings. The average Bonchev–Trinajstić information content (AvgIpc) is 2.74. The molecule has 0 aromatic carbocycles. The van der Waals surface area contributed by atoms with Crippen molar-refractivity contribution in [1.29, 1.82) is 5.26 Å². The third-order valence-corrected chi connectivity index (χ3v) is 2.90. The van der Waals surface area contributed by atoms with Crippen molar-refractivity contribution in [2.75, 3.05) is 18.0 Å². The summed E-state index contributed by atoms with van der Waals surface area (Å²) < 4.78 is 4.20. The minimum absolute atomic E-state index is 0.234. The summed E-state index contributed by atoms with van der Waals surface area (Å²) in [6.45, 7) is 1.74. The smallest absolute Gasteiger partial charge is 0.237 e. The second-order valence-corrected chi connectivity index (χ2v) is 4.15.